The number of methoxy groups -OCH3 is 1. The third kappa shape index (κ3) is 3.70. The molecule has 3 aromatic heterocycles. The average Bonchev–Trinajstić information content (AvgIpc) is 3.28. The van der Waals surface area contributed by atoms with Crippen LogP contribution in [0.4, 0.5) is 5.82 Å². The first-order valence-electron chi connectivity index (χ1n) is 9.84. The Bertz CT molecular complexity index is 1130. The van der Waals surface area contributed by atoms with E-state index in [4.69, 9.17) is 10.5 Å². The lowest BCUT2D eigenvalue weighted by Crippen LogP contribution is -2.31. The van der Waals surface area contributed by atoms with Gasteiger partial charge in [0.25, 0.3) is 11.5 Å². The van der Waals surface area contributed by atoms with Gasteiger partial charge in [0, 0.05) is 45.6 Å². The number of carbonyl (C=O) groups excluding carboxylic acids is 1. The van der Waals surface area contributed by atoms with Crippen LogP contribution in [0.15, 0.2) is 17.1 Å². The Morgan fingerprint density at radius 3 is 2.70 bits per heavy atom. The van der Waals surface area contributed by atoms with Crippen molar-refractivity contribution in [3.63, 3.8) is 0 Å². The maximum Gasteiger partial charge on any atom is 0.271 e. The van der Waals surface area contributed by atoms with Gasteiger partial charge < -0.3 is 19.9 Å². The van der Waals surface area contributed by atoms with Crippen LogP contribution in [0.1, 0.15) is 37.3 Å². The molecule has 0 saturated heterocycles. The summed E-state index contributed by atoms with van der Waals surface area (Å²) in [5.41, 5.74) is 7.94. The van der Waals surface area contributed by atoms with Crippen molar-refractivity contribution in [2.24, 2.45) is 13.0 Å². The van der Waals surface area contributed by atoms with Crippen LogP contribution in [0, 0.1) is 5.92 Å². The highest BCUT2D eigenvalue weighted by atomic mass is 16.5. The number of fused-ring (bicyclic) bond motifs is 1. The highest BCUT2D eigenvalue weighted by molar-refractivity contribution is 5.99. The van der Waals surface area contributed by atoms with Crippen molar-refractivity contribution in [1.82, 2.24) is 29.4 Å². The zero-order valence-corrected chi connectivity index (χ0v) is 18.3. The van der Waals surface area contributed by atoms with Crippen LogP contribution in [0.2, 0.25) is 0 Å². The predicted octanol–water partition coefficient (Wildman–Crippen LogP) is 1.64. The number of hydrogen-bond acceptors (Lipinski definition) is 6. The van der Waals surface area contributed by atoms with Crippen molar-refractivity contribution in [2.75, 3.05) is 33.0 Å². The highest BCUT2D eigenvalue weighted by Gasteiger charge is 2.23. The number of nitrogens with one attached hydrogen (secondary N) is 1. The van der Waals surface area contributed by atoms with Crippen LogP contribution < -0.4 is 11.3 Å². The van der Waals surface area contributed by atoms with Gasteiger partial charge in [-0.05, 0) is 18.9 Å². The maximum absolute atomic E-state index is 13.0. The maximum atomic E-state index is 13.0. The third-order valence-corrected chi connectivity index (χ3v) is 5.54. The van der Waals surface area contributed by atoms with E-state index in [1.54, 1.807) is 42.9 Å². The van der Waals surface area contributed by atoms with Crippen LogP contribution in [0.25, 0.3) is 22.2 Å². The van der Waals surface area contributed by atoms with E-state index in [2.05, 4.69) is 15.3 Å². The van der Waals surface area contributed by atoms with E-state index in [0.717, 1.165) is 0 Å². The molecule has 3 aromatic rings. The molecular formula is C20H29N7O3. The summed E-state index contributed by atoms with van der Waals surface area (Å²) in [7, 11) is 5.02. The number of rotatable bonds is 7. The van der Waals surface area contributed by atoms with Gasteiger partial charge in [0.15, 0.2) is 5.82 Å². The zero-order valence-electron chi connectivity index (χ0n) is 18.3. The van der Waals surface area contributed by atoms with Crippen LogP contribution in [-0.4, -0.2) is 62.7 Å². The monoisotopic (exact) mass is 415 g/mol. The predicted molar refractivity (Wildman–Crippen MR) is 115 cm³/mol. The van der Waals surface area contributed by atoms with Crippen LogP contribution in [0.3, 0.4) is 0 Å². The number of likely N-dealkylation sites (N-methyl/N-ethyl adjacent to an activating group) is 1. The molecule has 3 N–H and O–H groups in total. The first kappa shape index (κ1) is 21.6. The number of ether oxygens (including phenoxy) is 1. The molecule has 0 aromatic carbocycles. The van der Waals surface area contributed by atoms with Crippen molar-refractivity contribution in [3.8, 4) is 11.3 Å². The Morgan fingerprint density at radius 1 is 1.37 bits per heavy atom. The normalized spacial score (nSPS) is 12.6. The summed E-state index contributed by atoms with van der Waals surface area (Å²) in [6.07, 6.45) is 1.76. The minimum atomic E-state index is -0.201. The molecule has 0 aliphatic rings. The fraction of sp³-hybridized carbons (Fsp3) is 0.500. The van der Waals surface area contributed by atoms with Crippen molar-refractivity contribution in [2.45, 2.75) is 26.8 Å². The lowest BCUT2D eigenvalue weighted by Gasteiger charge is -2.20. The molecule has 0 unspecified atom stereocenters. The first-order valence-corrected chi connectivity index (χ1v) is 9.84. The van der Waals surface area contributed by atoms with Gasteiger partial charge in [0.05, 0.1) is 17.8 Å². The number of H-pyrrole nitrogens is 1. The van der Waals surface area contributed by atoms with Gasteiger partial charge in [-0.3, -0.25) is 19.4 Å². The molecule has 0 bridgehead atoms. The molecule has 1 atom stereocenters. The molecule has 3 heterocycles. The largest absolute Gasteiger partial charge is 0.383 e. The van der Waals surface area contributed by atoms with Gasteiger partial charge in [-0.25, -0.2) is 0 Å². The Labute approximate surface area is 174 Å². The zero-order chi connectivity index (χ0) is 22.2. The van der Waals surface area contributed by atoms with E-state index >= 15 is 0 Å². The second-order valence-electron chi connectivity index (χ2n) is 7.86. The molecule has 0 fully saturated rings. The van der Waals surface area contributed by atoms with E-state index < -0.39 is 0 Å². The van der Waals surface area contributed by atoms with Gasteiger partial charge in [0.1, 0.15) is 11.1 Å². The molecule has 0 spiro atoms. The number of hydrogen-bond donors (Lipinski definition) is 2. The Hall–Kier alpha value is -3.14. The topological polar surface area (TPSA) is 124 Å². The molecule has 0 saturated carbocycles. The molecule has 0 radical (unpaired) electrons. The van der Waals surface area contributed by atoms with E-state index in [0.29, 0.717) is 41.0 Å². The van der Waals surface area contributed by atoms with Gasteiger partial charge in [-0.15, -0.1) is 0 Å². The molecule has 0 aliphatic heterocycles. The standard InChI is InChI=1S/C20H29N7O3/c1-11(2)12(3)27-10-13(17-16(20(27)29)18(21)23-22-17)14-9-15(26(5)24-14)19(28)25(4)7-8-30-6/h9-12H,7-8H2,1-6H3,(H3,21,22,23)/t12-/m0/s1. The number of carbonyl (C=O) groups is 1. The van der Waals surface area contributed by atoms with Crippen molar-refractivity contribution in [1.29, 1.82) is 0 Å². The van der Waals surface area contributed by atoms with Gasteiger partial charge in [-0.2, -0.15) is 10.2 Å². The molecule has 10 nitrogen and oxygen atoms in total. The molecule has 162 valence electrons. The quantitative estimate of drug-likeness (QED) is 0.605. The van der Waals surface area contributed by atoms with Gasteiger partial charge in [0.2, 0.25) is 0 Å². The number of amides is 1. The molecule has 3 rings (SSSR count). The SMILES string of the molecule is COCCN(C)C(=O)c1cc(-c2cn([C@@H](C)C(C)C)c(=O)c3c(N)n[nH]c23)nn1C. The summed E-state index contributed by atoms with van der Waals surface area (Å²) in [5.74, 6) is 0.210. The number of nitrogen functional groups attached to an aromatic ring is 1. The minimum Gasteiger partial charge on any atom is -0.383 e. The molecule has 10 heteroatoms. The Morgan fingerprint density at radius 2 is 2.07 bits per heavy atom. The van der Waals surface area contributed by atoms with E-state index in [1.807, 2.05) is 20.8 Å². The summed E-state index contributed by atoms with van der Waals surface area (Å²) < 4.78 is 8.25. The Balaban J connectivity index is 2.15. The summed E-state index contributed by atoms with van der Waals surface area (Å²) in [6, 6.07) is 1.66. The highest BCUT2D eigenvalue weighted by Crippen LogP contribution is 2.29. The number of aromatic amines is 1. The number of nitrogens with zero attached hydrogens (tertiary/aromatic N) is 5. The van der Waals surface area contributed by atoms with Crippen LogP contribution in [-0.2, 0) is 11.8 Å². The molecule has 0 aliphatic carbocycles. The lowest BCUT2D eigenvalue weighted by atomic mass is 10.0. The fourth-order valence-corrected chi connectivity index (χ4v) is 3.30. The van der Waals surface area contributed by atoms with Crippen molar-refractivity contribution >= 4 is 22.6 Å². The first-order chi connectivity index (χ1) is 14.2. The fourth-order valence-electron chi connectivity index (χ4n) is 3.30. The summed E-state index contributed by atoms with van der Waals surface area (Å²) in [6.45, 7) is 6.99. The average molecular weight is 415 g/mol. The van der Waals surface area contributed by atoms with Crippen molar-refractivity contribution in [3.05, 3.63) is 28.3 Å². The molecule has 30 heavy (non-hydrogen) atoms. The second kappa shape index (κ2) is 8.31. The van der Waals surface area contributed by atoms with Crippen LogP contribution in [0.5, 0.6) is 0 Å². The number of anilines is 1. The van der Waals surface area contributed by atoms with Crippen LogP contribution >= 0.6 is 0 Å². The minimum absolute atomic E-state index is 0.0556. The number of aromatic nitrogens is 5. The molecule has 1 amide bonds. The van der Waals surface area contributed by atoms with Gasteiger partial charge >= 0.3 is 0 Å². The smallest absolute Gasteiger partial charge is 0.271 e. The lowest BCUT2D eigenvalue weighted by molar-refractivity contribution is 0.0733. The Kier molecular flexibility index (Phi) is 5.97. The van der Waals surface area contributed by atoms with E-state index in [1.165, 1.54) is 4.68 Å². The van der Waals surface area contributed by atoms with E-state index in [-0.39, 0.29) is 29.2 Å². The molecular weight excluding hydrogens is 386 g/mol. The number of aryl methyl sites for hydroxylation is 1. The second-order valence-corrected chi connectivity index (χ2v) is 7.86. The third-order valence-electron chi connectivity index (χ3n) is 5.54. The summed E-state index contributed by atoms with van der Waals surface area (Å²) in [4.78, 5) is 27.4. The van der Waals surface area contributed by atoms with Crippen molar-refractivity contribution < 1.29 is 9.53 Å². The number of nitrogens with two attached hydrogens (primary N) is 1. The number of pyridine rings is 1. The summed E-state index contributed by atoms with van der Waals surface area (Å²) >= 11 is 0. The van der Waals surface area contributed by atoms with E-state index in [9.17, 15) is 9.59 Å². The summed E-state index contributed by atoms with van der Waals surface area (Å²) in [5, 5.41) is 11.7. The van der Waals surface area contributed by atoms with Gasteiger partial charge in [-0.1, -0.05) is 13.8 Å².